The van der Waals surface area contributed by atoms with Crippen molar-refractivity contribution in [3.05, 3.63) is 28.8 Å². The van der Waals surface area contributed by atoms with Crippen LogP contribution in [-0.2, 0) is 9.63 Å². The summed E-state index contributed by atoms with van der Waals surface area (Å²) < 4.78 is 5.39. The Hall–Kier alpha value is -1.30. The second-order valence-corrected chi connectivity index (χ2v) is 4.54. The number of nitrogens with zero attached hydrogens (tertiary/aromatic N) is 1. The maximum atomic E-state index is 11.7. The molecular formula is C12H14ClNO4. The minimum absolute atomic E-state index is 0.130. The second-order valence-electron chi connectivity index (χ2n) is 4.10. The molecule has 1 aromatic carbocycles. The normalized spacial score (nSPS) is 19.1. The number of β-amino-alcohol motifs (C(OH)–C–C–N with tert-alkyl or cyclic N) is 1. The predicted octanol–water partition coefficient (Wildman–Crippen LogP) is 1.16. The van der Waals surface area contributed by atoms with E-state index in [2.05, 4.69) is 0 Å². The van der Waals surface area contributed by atoms with Crippen LogP contribution in [0.5, 0.6) is 5.75 Å². The van der Waals surface area contributed by atoms with Gasteiger partial charge in [0.15, 0.2) is 6.61 Å². The van der Waals surface area contributed by atoms with Crippen molar-refractivity contribution in [3.63, 3.8) is 0 Å². The van der Waals surface area contributed by atoms with E-state index in [1.54, 1.807) is 18.2 Å². The molecule has 0 aliphatic carbocycles. The van der Waals surface area contributed by atoms with E-state index < -0.39 is 6.10 Å². The average Bonchev–Trinajstić information content (AvgIpc) is 2.74. The van der Waals surface area contributed by atoms with Crippen LogP contribution in [0.3, 0.4) is 0 Å². The van der Waals surface area contributed by atoms with E-state index in [0.29, 0.717) is 10.8 Å². The number of aryl methyl sites for hydroxylation is 1. The molecule has 0 bridgehead atoms. The lowest BCUT2D eigenvalue weighted by atomic mass is 10.2. The number of aliphatic hydroxyl groups excluding tert-OH is 1. The highest BCUT2D eigenvalue weighted by Crippen LogP contribution is 2.21. The van der Waals surface area contributed by atoms with E-state index in [4.69, 9.17) is 21.2 Å². The summed E-state index contributed by atoms with van der Waals surface area (Å²) in [5.41, 5.74) is 0.859. The molecule has 0 aromatic heterocycles. The molecule has 1 aliphatic rings. The van der Waals surface area contributed by atoms with Gasteiger partial charge in [-0.25, -0.2) is 5.06 Å². The first-order valence-corrected chi connectivity index (χ1v) is 5.94. The smallest absolute Gasteiger partial charge is 0.284 e. The zero-order valence-corrected chi connectivity index (χ0v) is 10.7. The van der Waals surface area contributed by atoms with Crippen molar-refractivity contribution >= 4 is 17.5 Å². The molecule has 1 fully saturated rings. The van der Waals surface area contributed by atoms with Crippen molar-refractivity contribution in [3.8, 4) is 5.75 Å². The van der Waals surface area contributed by atoms with Gasteiger partial charge >= 0.3 is 0 Å². The lowest BCUT2D eigenvalue weighted by Gasteiger charge is -2.15. The van der Waals surface area contributed by atoms with Gasteiger partial charge < -0.3 is 9.84 Å². The van der Waals surface area contributed by atoms with Crippen molar-refractivity contribution in [2.24, 2.45) is 0 Å². The molecule has 0 saturated carbocycles. The Balaban J connectivity index is 1.89. The summed E-state index contributed by atoms with van der Waals surface area (Å²) in [6, 6.07) is 5.17. The molecule has 1 amide bonds. The van der Waals surface area contributed by atoms with Crippen LogP contribution in [0.2, 0.25) is 5.02 Å². The van der Waals surface area contributed by atoms with Crippen LogP contribution in [0.4, 0.5) is 0 Å². The topological polar surface area (TPSA) is 59.0 Å². The average molecular weight is 272 g/mol. The molecule has 6 heteroatoms. The molecule has 1 unspecified atom stereocenters. The minimum atomic E-state index is -0.619. The summed E-state index contributed by atoms with van der Waals surface area (Å²) in [6.45, 7) is 2.05. The van der Waals surface area contributed by atoms with E-state index in [1.807, 2.05) is 6.92 Å². The SMILES string of the molecule is Cc1cc(Cl)ccc1OCC(=O)N1CC(O)CO1. The Labute approximate surface area is 110 Å². The van der Waals surface area contributed by atoms with E-state index in [9.17, 15) is 9.90 Å². The third-order valence-corrected chi connectivity index (χ3v) is 2.80. The zero-order valence-electron chi connectivity index (χ0n) is 9.93. The minimum Gasteiger partial charge on any atom is -0.483 e. The number of aliphatic hydroxyl groups is 1. The molecule has 18 heavy (non-hydrogen) atoms. The van der Waals surface area contributed by atoms with Crippen LogP contribution in [0.1, 0.15) is 5.56 Å². The van der Waals surface area contributed by atoms with Crippen molar-refractivity contribution in [1.82, 2.24) is 5.06 Å². The summed E-state index contributed by atoms with van der Waals surface area (Å²) in [5, 5.41) is 11.0. The van der Waals surface area contributed by atoms with Crippen molar-refractivity contribution in [1.29, 1.82) is 0 Å². The van der Waals surface area contributed by atoms with Gasteiger partial charge in [0.25, 0.3) is 5.91 Å². The van der Waals surface area contributed by atoms with Gasteiger partial charge in [-0.2, -0.15) is 0 Å². The maximum absolute atomic E-state index is 11.7. The molecule has 5 nitrogen and oxygen atoms in total. The van der Waals surface area contributed by atoms with Gasteiger partial charge in [0, 0.05) is 5.02 Å². The first kappa shape index (κ1) is 13.1. The fourth-order valence-corrected chi connectivity index (χ4v) is 1.86. The molecule has 1 saturated heterocycles. The highest BCUT2D eigenvalue weighted by atomic mass is 35.5. The van der Waals surface area contributed by atoms with Gasteiger partial charge in [-0.15, -0.1) is 0 Å². The van der Waals surface area contributed by atoms with E-state index >= 15 is 0 Å². The molecular weight excluding hydrogens is 258 g/mol. The first-order chi connectivity index (χ1) is 8.56. The van der Waals surface area contributed by atoms with Gasteiger partial charge in [-0.3, -0.25) is 9.63 Å². The number of carbonyl (C=O) groups excluding carboxylic acids is 1. The molecule has 1 aromatic rings. The zero-order chi connectivity index (χ0) is 13.1. The second kappa shape index (κ2) is 5.56. The Morgan fingerprint density at radius 1 is 1.67 bits per heavy atom. The van der Waals surface area contributed by atoms with Crippen LogP contribution >= 0.6 is 11.6 Å². The molecule has 0 spiro atoms. The summed E-state index contributed by atoms with van der Waals surface area (Å²) in [5.74, 6) is 0.286. The first-order valence-electron chi connectivity index (χ1n) is 5.56. The van der Waals surface area contributed by atoms with Crippen molar-refractivity contribution < 1.29 is 19.5 Å². The number of ether oxygens (including phenoxy) is 1. The summed E-state index contributed by atoms with van der Waals surface area (Å²) in [4.78, 5) is 16.7. The highest BCUT2D eigenvalue weighted by Gasteiger charge is 2.26. The van der Waals surface area contributed by atoms with Crippen LogP contribution in [0.15, 0.2) is 18.2 Å². The Kier molecular flexibility index (Phi) is 4.06. The molecule has 0 radical (unpaired) electrons. The van der Waals surface area contributed by atoms with Gasteiger partial charge in [0.2, 0.25) is 0 Å². The standard InChI is InChI=1S/C12H14ClNO4/c1-8-4-9(13)2-3-11(8)17-7-12(16)14-5-10(15)6-18-14/h2-4,10,15H,5-7H2,1H3. The van der Waals surface area contributed by atoms with Crippen LogP contribution in [0.25, 0.3) is 0 Å². The number of carbonyl (C=O) groups is 1. The lowest BCUT2D eigenvalue weighted by molar-refractivity contribution is -0.170. The molecule has 1 atom stereocenters. The van der Waals surface area contributed by atoms with Gasteiger partial charge in [0.05, 0.1) is 6.54 Å². The number of benzene rings is 1. The fourth-order valence-electron chi connectivity index (χ4n) is 1.63. The summed E-state index contributed by atoms with van der Waals surface area (Å²) in [7, 11) is 0. The lowest BCUT2D eigenvalue weighted by Crippen LogP contribution is -2.32. The molecule has 98 valence electrons. The number of rotatable bonds is 3. The van der Waals surface area contributed by atoms with E-state index in [1.165, 1.54) is 0 Å². The molecule has 1 heterocycles. The van der Waals surface area contributed by atoms with Gasteiger partial charge in [-0.05, 0) is 30.7 Å². The number of halogens is 1. The Morgan fingerprint density at radius 3 is 3.06 bits per heavy atom. The van der Waals surface area contributed by atoms with Crippen molar-refractivity contribution in [2.45, 2.75) is 13.0 Å². The molecule has 1 N–H and O–H groups in total. The number of amides is 1. The van der Waals surface area contributed by atoms with Crippen molar-refractivity contribution in [2.75, 3.05) is 19.8 Å². The number of hydrogen-bond donors (Lipinski definition) is 1. The fraction of sp³-hybridized carbons (Fsp3) is 0.417. The maximum Gasteiger partial charge on any atom is 0.284 e. The third kappa shape index (κ3) is 3.13. The van der Waals surface area contributed by atoms with Crippen LogP contribution < -0.4 is 4.74 Å². The van der Waals surface area contributed by atoms with Gasteiger partial charge in [0.1, 0.15) is 18.5 Å². The monoisotopic (exact) mass is 271 g/mol. The van der Waals surface area contributed by atoms with Crippen LogP contribution in [-0.4, -0.2) is 41.9 Å². The van der Waals surface area contributed by atoms with E-state index in [0.717, 1.165) is 10.6 Å². The van der Waals surface area contributed by atoms with Gasteiger partial charge in [-0.1, -0.05) is 11.6 Å². The molecule has 1 aliphatic heterocycles. The predicted molar refractivity (Wildman–Crippen MR) is 65.4 cm³/mol. The Morgan fingerprint density at radius 2 is 2.44 bits per heavy atom. The third-order valence-electron chi connectivity index (χ3n) is 2.57. The van der Waals surface area contributed by atoms with Crippen LogP contribution in [0, 0.1) is 6.92 Å². The molecule has 2 rings (SSSR count). The summed E-state index contributed by atoms with van der Waals surface area (Å²) in [6.07, 6.45) is -0.619. The quantitative estimate of drug-likeness (QED) is 0.896. The summed E-state index contributed by atoms with van der Waals surface area (Å²) >= 11 is 5.82. The largest absolute Gasteiger partial charge is 0.483 e. The number of hydroxylamine groups is 2. The Bertz CT molecular complexity index is 452. The number of hydrogen-bond acceptors (Lipinski definition) is 4. The highest BCUT2D eigenvalue weighted by molar-refractivity contribution is 6.30. The van der Waals surface area contributed by atoms with E-state index in [-0.39, 0.29) is 25.7 Å².